The summed E-state index contributed by atoms with van der Waals surface area (Å²) in [7, 11) is 1.56. The lowest BCUT2D eigenvalue weighted by atomic mass is 9.98. The number of unbranched alkanes of at least 4 members (excludes halogenated alkanes) is 3. The van der Waals surface area contributed by atoms with Gasteiger partial charge in [-0.15, -0.1) is 0 Å². The Morgan fingerprint density at radius 3 is 2.33 bits per heavy atom. The molecule has 0 aliphatic heterocycles. The molecule has 0 aromatic heterocycles. The number of benzene rings is 2. The molecule has 2 rings (SSSR count). The van der Waals surface area contributed by atoms with Crippen LogP contribution < -0.4 is 15.4 Å². The van der Waals surface area contributed by atoms with Crippen molar-refractivity contribution in [3.05, 3.63) is 53.6 Å². The van der Waals surface area contributed by atoms with Crippen molar-refractivity contribution >= 4 is 35.4 Å². The van der Waals surface area contributed by atoms with Crippen LogP contribution in [-0.2, 0) is 14.3 Å². The Bertz CT molecular complexity index is 1170. The fourth-order valence-electron chi connectivity index (χ4n) is 4.46. The molecule has 42 heavy (non-hydrogen) atoms. The minimum Gasteiger partial charge on any atom is -0.507 e. The van der Waals surface area contributed by atoms with Crippen LogP contribution in [0.2, 0.25) is 0 Å². The third kappa shape index (κ3) is 10.8. The highest BCUT2D eigenvalue weighted by Crippen LogP contribution is 2.34. The van der Waals surface area contributed by atoms with Crippen molar-refractivity contribution < 1.29 is 29.0 Å². The van der Waals surface area contributed by atoms with E-state index in [0.717, 1.165) is 19.3 Å². The van der Waals surface area contributed by atoms with Gasteiger partial charge in [-0.25, -0.2) is 4.79 Å². The van der Waals surface area contributed by atoms with Gasteiger partial charge >= 0.3 is 6.09 Å². The number of ether oxygens (including phenoxy) is 2. The van der Waals surface area contributed by atoms with E-state index >= 15 is 0 Å². The number of methoxy groups -OCH3 is 1. The third-order valence-corrected chi connectivity index (χ3v) is 7.26. The summed E-state index contributed by atoms with van der Waals surface area (Å²) in [6.45, 7) is 9.37. The Morgan fingerprint density at radius 1 is 1.05 bits per heavy atom. The molecule has 3 amide bonds. The first-order valence-electron chi connectivity index (χ1n) is 14.4. The van der Waals surface area contributed by atoms with Crippen molar-refractivity contribution in [3.8, 4) is 11.5 Å². The van der Waals surface area contributed by atoms with Gasteiger partial charge in [0.15, 0.2) is 0 Å². The van der Waals surface area contributed by atoms with Gasteiger partial charge in [0.25, 0.3) is 5.91 Å². The molecule has 0 heterocycles. The molecule has 0 fully saturated rings. The molecular formula is C32H47N3O6S. The average Bonchev–Trinajstić information content (AvgIpc) is 2.93. The number of carbonyl (C=O) groups excluding carboxylic acids is 3. The zero-order valence-corrected chi connectivity index (χ0v) is 26.8. The highest BCUT2D eigenvalue weighted by Gasteiger charge is 2.37. The molecule has 0 bridgehead atoms. The molecular weight excluding hydrogens is 554 g/mol. The van der Waals surface area contributed by atoms with Crippen LogP contribution in [0.15, 0.2) is 42.5 Å². The number of aromatic hydroxyl groups is 1. The number of carbonyl (C=O) groups is 3. The number of rotatable bonds is 15. The van der Waals surface area contributed by atoms with Crippen molar-refractivity contribution in [2.45, 2.75) is 84.4 Å². The van der Waals surface area contributed by atoms with Crippen molar-refractivity contribution in [1.82, 2.24) is 10.2 Å². The maximum absolute atomic E-state index is 14.3. The number of para-hydroxylation sites is 1. The van der Waals surface area contributed by atoms with Gasteiger partial charge in [-0.2, -0.15) is 11.8 Å². The first kappa shape index (κ1) is 34.8. The van der Waals surface area contributed by atoms with Crippen LogP contribution in [0.4, 0.5) is 10.5 Å². The summed E-state index contributed by atoms with van der Waals surface area (Å²) in [6, 6.07) is 9.95. The molecule has 2 atom stereocenters. The standard InChI is InChI=1S/C32H47N3O6S/c1-8-9-10-11-20-35(30(38)26(19-21-42-7)34-31(39)41-32(3,4)5)27(25-14-12-13-22(2)28(25)36)29(37)33-23-15-17-24(40-6)18-16-23/h12-18,26-27,36H,8-11,19-21H2,1-7H3,(H,33,37)(H,34,39). The van der Waals surface area contributed by atoms with Gasteiger partial charge in [-0.05, 0) is 82.4 Å². The summed E-state index contributed by atoms with van der Waals surface area (Å²) >= 11 is 1.55. The third-order valence-electron chi connectivity index (χ3n) is 6.62. The van der Waals surface area contributed by atoms with E-state index in [9.17, 15) is 19.5 Å². The van der Waals surface area contributed by atoms with E-state index in [4.69, 9.17) is 9.47 Å². The number of amides is 3. The molecule has 0 radical (unpaired) electrons. The molecule has 0 aliphatic carbocycles. The molecule has 3 N–H and O–H groups in total. The lowest BCUT2D eigenvalue weighted by Crippen LogP contribution is -2.52. The zero-order chi connectivity index (χ0) is 31.3. The first-order chi connectivity index (χ1) is 19.9. The van der Waals surface area contributed by atoms with E-state index in [2.05, 4.69) is 17.6 Å². The van der Waals surface area contributed by atoms with Gasteiger partial charge in [0.1, 0.15) is 29.2 Å². The number of thioether (sulfide) groups is 1. The van der Waals surface area contributed by atoms with E-state index in [1.165, 1.54) is 4.90 Å². The van der Waals surface area contributed by atoms with Gasteiger partial charge in [0.2, 0.25) is 5.91 Å². The first-order valence-corrected chi connectivity index (χ1v) is 15.8. The SMILES string of the molecule is CCCCCCN(C(=O)C(CCSC)NC(=O)OC(C)(C)C)C(C(=O)Nc1ccc(OC)cc1)c1cccc(C)c1O. The molecule has 232 valence electrons. The fraction of sp³-hybridized carbons (Fsp3) is 0.531. The van der Waals surface area contributed by atoms with Crippen LogP contribution in [0.5, 0.6) is 11.5 Å². The lowest BCUT2D eigenvalue weighted by Gasteiger charge is -2.35. The topological polar surface area (TPSA) is 117 Å². The van der Waals surface area contributed by atoms with Crippen LogP contribution in [0, 0.1) is 6.92 Å². The van der Waals surface area contributed by atoms with Crippen molar-refractivity contribution in [3.63, 3.8) is 0 Å². The lowest BCUT2D eigenvalue weighted by molar-refractivity contribution is -0.141. The average molecular weight is 602 g/mol. The van der Waals surface area contributed by atoms with Crippen LogP contribution in [0.1, 0.15) is 77.0 Å². The number of phenolic OH excluding ortho intramolecular Hbond substituents is 1. The smallest absolute Gasteiger partial charge is 0.408 e. The second-order valence-corrected chi connectivity index (χ2v) is 12.2. The second-order valence-electron chi connectivity index (χ2n) is 11.2. The number of aryl methyl sites for hydroxylation is 1. The summed E-state index contributed by atoms with van der Waals surface area (Å²) in [4.78, 5) is 42.7. The molecule has 0 aliphatic rings. The normalized spacial score (nSPS) is 12.6. The molecule has 0 saturated carbocycles. The van der Waals surface area contributed by atoms with Crippen LogP contribution >= 0.6 is 11.8 Å². The van der Waals surface area contributed by atoms with Gasteiger partial charge in [-0.3, -0.25) is 9.59 Å². The van der Waals surface area contributed by atoms with Crippen LogP contribution in [0.3, 0.4) is 0 Å². The Balaban J connectivity index is 2.57. The second kappa shape index (κ2) is 16.9. The monoisotopic (exact) mass is 601 g/mol. The minimum absolute atomic E-state index is 0.0560. The number of anilines is 1. The number of alkyl carbamates (subject to hydrolysis) is 1. The molecule has 0 saturated heterocycles. The van der Waals surface area contributed by atoms with E-state index in [1.807, 2.05) is 6.26 Å². The van der Waals surface area contributed by atoms with Crippen molar-refractivity contribution in [2.75, 3.05) is 31.0 Å². The van der Waals surface area contributed by atoms with Crippen LogP contribution in [0.25, 0.3) is 0 Å². The number of nitrogens with zero attached hydrogens (tertiary/aromatic N) is 1. The summed E-state index contributed by atoms with van der Waals surface area (Å²) in [6.07, 6.45) is 5.06. The van der Waals surface area contributed by atoms with E-state index in [1.54, 1.807) is 89.0 Å². The summed E-state index contributed by atoms with van der Waals surface area (Å²) < 4.78 is 10.7. The summed E-state index contributed by atoms with van der Waals surface area (Å²) in [5, 5.41) is 16.8. The maximum atomic E-state index is 14.3. The summed E-state index contributed by atoms with van der Waals surface area (Å²) in [5.74, 6) is 0.292. The fourth-order valence-corrected chi connectivity index (χ4v) is 4.93. The predicted molar refractivity (Wildman–Crippen MR) is 169 cm³/mol. The van der Waals surface area contributed by atoms with Crippen molar-refractivity contribution in [1.29, 1.82) is 0 Å². The molecule has 10 heteroatoms. The molecule has 2 aromatic carbocycles. The van der Waals surface area contributed by atoms with Gasteiger partial charge in [0.05, 0.1) is 7.11 Å². The Morgan fingerprint density at radius 2 is 1.74 bits per heavy atom. The molecule has 2 aromatic rings. The largest absolute Gasteiger partial charge is 0.507 e. The molecule has 2 unspecified atom stereocenters. The highest BCUT2D eigenvalue weighted by molar-refractivity contribution is 7.98. The number of hydrogen-bond acceptors (Lipinski definition) is 7. The Kier molecular flexibility index (Phi) is 14.0. The van der Waals surface area contributed by atoms with E-state index < -0.39 is 35.6 Å². The minimum atomic E-state index is -1.15. The number of hydrogen-bond donors (Lipinski definition) is 3. The number of phenols is 1. The number of nitrogens with one attached hydrogen (secondary N) is 2. The van der Waals surface area contributed by atoms with Crippen molar-refractivity contribution in [2.24, 2.45) is 0 Å². The Labute approximate surface area is 254 Å². The summed E-state index contributed by atoms with van der Waals surface area (Å²) in [5.41, 5.74) is 0.664. The Hall–Kier alpha value is -3.40. The predicted octanol–water partition coefficient (Wildman–Crippen LogP) is 6.44. The van der Waals surface area contributed by atoms with Crippen LogP contribution in [-0.4, -0.2) is 65.2 Å². The quantitative estimate of drug-likeness (QED) is 0.201. The maximum Gasteiger partial charge on any atom is 0.408 e. The van der Waals surface area contributed by atoms with Gasteiger partial charge < -0.3 is 30.1 Å². The highest BCUT2D eigenvalue weighted by atomic mass is 32.2. The van der Waals surface area contributed by atoms with Gasteiger partial charge in [0, 0.05) is 17.8 Å². The van der Waals surface area contributed by atoms with Gasteiger partial charge in [-0.1, -0.05) is 44.4 Å². The zero-order valence-electron chi connectivity index (χ0n) is 26.0. The molecule has 0 spiro atoms. The van der Waals surface area contributed by atoms with E-state index in [-0.39, 0.29) is 12.3 Å². The van der Waals surface area contributed by atoms with E-state index in [0.29, 0.717) is 41.2 Å². The molecule has 9 nitrogen and oxygen atoms in total.